The molecule has 7 nitrogen and oxygen atoms in total. The van der Waals surface area contributed by atoms with Crippen molar-refractivity contribution in [1.29, 1.82) is 0 Å². The first-order valence-corrected chi connectivity index (χ1v) is 12.0. The van der Waals surface area contributed by atoms with Gasteiger partial charge >= 0.3 is 0 Å². The second kappa shape index (κ2) is 15.8. The van der Waals surface area contributed by atoms with Crippen LogP contribution >= 0.6 is 0 Å². The van der Waals surface area contributed by atoms with Gasteiger partial charge in [-0.2, -0.15) is 0 Å². The monoisotopic (exact) mass is 481 g/mol. The minimum Gasteiger partial charge on any atom is -0.497 e. The van der Waals surface area contributed by atoms with E-state index in [-0.39, 0.29) is 0 Å². The Morgan fingerprint density at radius 1 is 0.794 bits per heavy atom. The summed E-state index contributed by atoms with van der Waals surface area (Å²) in [6.45, 7) is 17.7. The largest absolute Gasteiger partial charge is 0.497 e. The Morgan fingerprint density at radius 2 is 1.38 bits per heavy atom. The van der Waals surface area contributed by atoms with Crippen molar-refractivity contribution >= 4 is 0 Å². The molecule has 1 rings (SSSR count). The van der Waals surface area contributed by atoms with E-state index in [9.17, 15) is 0 Å². The number of nitrogens with zero attached hydrogens (tertiary/aromatic N) is 1. The van der Waals surface area contributed by atoms with Crippen LogP contribution in [0.25, 0.3) is 0 Å². The van der Waals surface area contributed by atoms with Gasteiger partial charge in [0.05, 0.1) is 25.0 Å². The van der Waals surface area contributed by atoms with Crippen molar-refractivity contribution in [2.24, 2.45) is 0 Å². The summed E-state index contributed by atoms with van der Waals surface area (Å²) in [5.74, 6) is 0. The van der Waals surface area contributed by atoms with E-state index in [2.05, 4.69) is 19.0 Å². The first-order chi connectivity index (χ1) is 16.0. The molecular weight excluding hydrogens is 434 g/mol. The van der Waals surface area contributed by atoms with E-state index in [0.717, 1.165) is 35.3 Å². The van der Waals surface area contributed by atoms with Crippen molar-refractivity contribution in [3.63, 3.8) is 0 Å². The van der Waals surface area contributed by atoms with Gasteiger partial charge in [0, 0.05) is 6.61 Å². The Labute approximate surface area is 207 Å². The van der Waals surface area contributed by atoms with Crippen LogP contribution in [0.4, 0.5) is 0 Å². The highest BCUT2D eigenvalue weighted by atomic mass is 16.7. The van der Waals surface area contributed by atoms with E-state index in [1.807, 2.05) is 55.4 Å². The molecule has 196 valence electrons. The van der Waals surface area contributed by atoms with Crippen LogP contribution in [0.1, 0.15) is 61.8 Å². The van der Waals surface area contributed by atoms with Gasteiger partial charge in [-0.25, -0.2) is 0 Å². The molecule has 0 amide bonds. The van der Waals surface area contributed by atoms with Gasteiger partial charge in [-0.15, -0.1) is 0 Å². The van der Waals surface area contributed by atoms with Gasteiger partial charge < -0.3 is 33.3 Å². The summed E-state index contributed by atoms with van der Waals surface area (Å²) in [6, 6.07) is 0. The lowest BCUT2D eigenvalue weighted by molar-refractivity contribution is -0.158. The van der Waals surface area contributed by atoms with Crippen LogP contribution in [0.3, 0.4) is 0 Å². The fraction of sp³-hybridized carbons (Fsp3) is 0.704. The molecule has 0 aromatic heterocycles. The van der Waals surface area contributed by atoms with E-state index in [1.54, 1.807) is 25.0 Å². The fourth-order valence-electron chi connectivity index (χ4n) is 3.15. The highest BCUT2D eigenvalue weighted by Crippen LogP contribution is 2.32. The summed E-state index contributed by atoms with van der Waals surface area (Å²) in [4.78, 5) is 2.14. The van der Waals surface area contributed by atoms with Gasteiger partial charge in [0.1, 0.15) is 18.8 Å². The average Bonchev–Trinajstić information content (AvgIpc) is 3.07. The Balaban J connectivity index is 3.24. The van der Waals surface area contributed by atoms with Crippen molar-refractivity contribution in [2.45, 2.75) is 92.5 Å². The maximum absolute atomic E-state index is 6.39. The number of ether oxygens (including phenoxy) is 6. The molecule has 0 aromatic carbocycles. The number of hydrogen-bond donors (Lipinski definition) is 0. The molecular formula is C27H47NO6. The Bertz CT molecular complexity index is 696. The maximum Gasteiger partial charge on any atom is 0.239 e. The van der Waals surface area contributed by atoms with E-state index in [0.29, 0.717) is 13.2 Å². The van der Waals surface area contributed by atoms with Gasteiger partial charge in [0.15, 0.2) is 12.2 Å². The third-order valence-electron chi connectivity index (χ3n) is 4.59. The molecule has 0 aromatic rings. The molecule has 7 heteroatoms. The van der Waals surface area contributed by atoms with Gasteiger partial charge in [0.2, 0.25) is 6.29 Å². The first-order valence-electron chi connectivity index (χ1n) is 12.0. The van der Waals surface area contributed by atoms with Crippen LogP contribution in [0.15, 0.2) is 47.3 Å². The minimum absolute atomic E-state index is 0.307. The number of hydrogen-bond acceptors (Lipinski definition) is 7. The van der Waals surface area contributed by atoms with Crippen molar-refractivity contribution < 1.29 is 28.4 Å². The van der Waals surface area contributed by atoms with Crippen LogP contribution in [0.2, 0.25) is 0 Å². The van der Waals surface area contributed by atoms with Crippen molar-refractivity contribution in [2.75, 3.05) is 33.9 Å². The van der Waals surface area contributed by atoms with Crippen molar-refractivity contribution in [1.82, 2.24) is 4.90 Å². The Morgan fingerprint density at radius 3 is 1.94 bits per heavy atom. The van der Waals surface area contributed by atoms with Crippen LogP contribution in [-0.2, 0) is 28.4 Å². The lowest BCUT2D eigenvalue weighted by atomic mass is 10.1. The normalized spacial score (nSPS) is 22.4. The van der Waals surface area contributed by atoms with Crippen LogP contribution in [0.5, 0.6) is 0 Å². The first kappa shape index (κ1) is 30.1. The molecule has 0 N–H and O–H groups in total. The molecule has 34 heavy (non-hydrogen) atoms. The minimum atomic E-state index is -0.643. The molecule has 1 heterocycles. The molecule has 0 aliphatic carbocycles. The van der Waals surface area contributed by atoms with Crippen LogP contribution in [-0.4, -0.2) is 69.5 Å². The van der Waals surface area contributed by atoms with Crippen LogP contribution in [0, 0.1) is 0 Å². The highest BCUT2D eigenvalue weighted by Gasteiger charge is 2.52. The summed E-state index contributed by atoms with van der Waals surface area (Å²) in [7, 11) is 4.10. The second-order valence-electron chi connectivity index (χ2n) is 9.99. The number of rotatable bonds is 15. The smallest absolute Gasteiger partial charge is 0.239 e. The van der Waals surface area contributed by atoms with Crippen molar-refractivity contribution in [3.8, 4) is 0 Å². The van der Waals surface area contributed by atoms with Gasteiger partial charge in [0.25, 0.3) is 0 Å². The molecule has 0 radical (unpaired) electrons. The third kappa shape index (κ3) is 12.0. The molecule has 1 aliphatic rings. The van der Waals surface area contributed by atoms with E-state index in [1.165, 1.54) is 0 Å². The van der Waals surface area contributed by atoms with Gasteiger partial charge in [-0.1, -0.05) is 0 Å². The molecule has 0 unspecified atom stereocenters. The van der Waals surface area contributed by atoms with E-state index >= 15 is 0 Å². The van der Waals surface area contributed by atoms with Gasteiger partial charge in [-0.3, -0.25) is 0 Å². The van der Waals surface area contributed by atoms with E-state index < -0.39 is 30.7 Å². The standard InChI is InChI=1S/C27H47NO6/c1-19(2)14-29-18-23(31-15-20(3)4)24-25(30-13-11-12-28(9)10)26(32-16-21(5)6)27(34-24)33-17-22(7)8/h14-17,23-27H,11-13,18H2,1-10H3/t23-,24+,25-,26+,27-/m0/s1. The fourth-order valence-corrected chi connectivity index (χ4v) is 3.15. The summed E-state index contributed by atoms with van der Waals surface area (Å²) in [5, 5.41) is 0. The number of allylic oxidation sites excluding steroid dienone is 4. The molecule has 0 bridgehead atoms. The second-order valence-corrected chi connectivity index (χ2v) is 9.99. The molecule has 1 fully saturated rings. The highest BCUT2D eigenvalue weighted by molar-refractivity contribution is 5.00. The van der Waals surface area contributed by atoms with Crippen LogP contribution < -0.4 is 0 Å². The topological polar surface area (TPSA) is 58.6 Å². The molecule has 1 saturated heterocycles. The maximum atomic E-state index is 6.39. The van der Waals surface area contributed by atoms with Crippen molar-refractivity contribution in [3.05, 3.63) is 47.3 Å². The predicted molar refractivity (Wildman–Crippen MR) is 136 cm³/mol. The summed E-state index contributed by atoms with van der Waals surface area (Å²) in [6.07, 6.45) is 5.41. The lowest BCUT2D eigenvalue weighted by Crippen LogP contribution is -2.44. The third-order valence-corrected chi connectivity index (χ3v) is 4.59. The quantitative estimate of drug-likeness (QED) is 0.225. The molecule has 0 spiro atoms. The lowest BCUT2D eigenvalue weighted by Gasteiger charge is -2.28. The summed E-state index contributed by atoms with van der Waals surface area (Å²) < 4.78 is 36.8. The SMILES string of the molecule is CC(C)=COC[C@H](OC=C(C)C)[C@H]1O[C@H](OC=C(C)C)[C@H](OC=C(C)C)[C@H]1OCCCN(C)C. The Hall–Kier alpha value is -1.96. The zero-order chi connectivity index (χ0) is 25.7. The van der Waals surface area contributed by atoms with E-state index in [4.69, 9.17) is 28.4 Å². The molecule has 1 aliphatic heterocycles. The zero-order valence-corrected chi connectivity index (χ0v) is 22.9. The average molecular weight is 482 g/mol. The molecule has 5 atom stereocenters. The summed E-state index contributed by atoms with van der Waals surface area (Å²) >= 11 is 0. The Kier molecular flexibility index (Phi) is 14.0. The van der Waals surface area contributed by atoms with Gasteiger partial charge in [-0.05, 0) is 105 Å². The predicted octanol–water partition coefficient (Wildman–Crippen LogP) is 5.55. The zero-order valence-electron chi connectivity index (χ0n) is 22.9. The molecule has 0 saturated carbocycles. The summed E-state index contributed by atoms with van der Waals surface area (Å²) in [5.41, 5.74) is 4.18.